The van der Waals surface area contributed by atoms with Crippen molar-refractivity contribution in [2.45, 2.75) is 25.8 Å². The molecule has 0 aliphatic carbocycles. The molecule has 1 unspecified atom stereocenters. The minimum Gasteiger partial charge on any atom is -0.497 e. The van der Waals surface area contributed by atoms with Crippen molar-refractivity contribution in [3.8, 4) is 5.75 Å². The van der Waals surface area contributed by atoms with Crippen LogP contribution in [0, 0.1) is 0 Å². The van der Waals surface area contributed by atoms with E-state index in [1.165, 1.54) is 11.1 Å². The van der Waals surface area contributed by atoms with Crippen LogP contribution < -0.4 is 15.4 Å². The van der Waals surface area contributed by atoms with E-state index in [4.69, 9.17) is 14.5 Å². The van der Waals surface area contributed by atoms with Gasteiger partial charge in [-0.3, -0.25) is 0 Å². The number of halogens is 1. The van der Waals surface area contributed by atoms with Gasteiger partial charge in [-0.05, 0) is 48.7 Å². The molecule has 2 aromatic rings. The Morgan fingerprint density at radius 1 is 1.10 bits per heavy atom. The van der Waals surface area contributed by atoms with Crippen LogP contribution in [0.3, 0.4) is 0 Å². The molecule has 1 heterocycles. The van der Waals surface area contributed by atoms with E-state index < -0.39 is 0 Å². The quantitative estimate of drug-likeness (QED) is 0.216. The van der Waals surface area contributed by atoms with Crippen LogP contribution in [-0.2, 0) is 11.3 Å². The highest BCUT2D eigenvalue weighted by Crippen LogP contribution is 2.28. The van der Waals surface area contributed by atoms with E-state index >= 15 is 0 Å². The van der Waals surface area contributed by atoms with Crippen molar-refractivity contribution in [2.75, 3.05) is 52.3 Å². The van der Waals surface area contributed by atoms with Crippen molar-refractivity contribution in [3.05, 3.63) is 59.7 Å². The second-order valence-corrected chi connectivity index (χ2v) is 7.49. The van der Waals surface area contributed by atoms with E-state index in [0.29, 0.717) is 19.1 Å². The second-order valence-electron chi connectivity index (χ2n) is 7.49. The van der Waals surface area contributed by atoms with E-state index in [-0.39, 0.29) is 24.0 Å². The molecule has 0 saturated carbocycles. The lowest BCUT2D eigenvalue weighted by atomic mass is 9.98. The predicted molar refractivity (Wildman–Crippen MR) is 139 cm³/mol. The lowest BCUT2D eigenvalue weighted by Gasteiger charge is -2.22. The zero-order valence-corrected chi connectivity index (χ0v) is 21.1. The van der Waals surface area contributed by atoms with Crippen LogP contribution in [0.5, 0.6) is 5.75 Å². The van der Waals surface area contributed by atoms with Gasteiger partial charge in [0.25, 0.3) is 0 Å². The highest BCUT2D eigenvalue weighted by molar-refractivity contribution is 14.0. The molecule has 0 amide bonds. The Morgan fingerprint density at radius 2 is 1.84 bits per heavy atom. The summed E-state index contributed by atoms with van der Waals surface area (Å²) in [5, 5.41) is 6.80. The number of aliphatic imine (C=N–C) groups is 1. The first kappa shape index (κ1) is 25.3. The maximum absolute atomic E-state index is 5.28. The summed E-state index contributed by atoms with van der Waals surface area (Å²) in [7, 11) is 3.42. The van der Waals surface area contributed by atoms with Crippen molar-refractivity contribution in [3.63, 3.8) is 0 Å². The summed E-state index contributed by atoms with van der Waals surface area (Å²) in [6.07, 6.45) is 1.14. The minimum absolute atomic E-state index is 0. The van der Waals surface area contributed by atoms with Gasteiger partial charge in [0.15, 0.2) is 5.96 Å². The highest BCUT2D eigenvalue weighted by atomic mass is 127. The molecule has 31 heavy (non-hydrogen) atoms. The monoisotopic (exact) mass is 538 g/mol. The molecule has 1 saturated heterocycles. The molecule has 0 radical (unpaired) electrons. The van der Waals surface area contributed by atoms with E-state index in [2.05, 4.69) is 58.9 Å². The summed E-state index contributed by atoms with van der Waals surface area (Å²) in [5.74, 6) is 2.43. The number of benzene rings is 2. The lowest BCUT2D eigenvalue weighted by Crippen LogP contribution is -2.40. The summed E-state index contributed by atoms with van der Waals surface area (Å²) in [4.78, 5) is 7.27. The summed E-state index contributed by atoms with van der Waals surface area (Å²) in [6, 6.07) is 16.9. The van der Waals surface area contributed by atoms with Crippen molar-refractivity contribution in [1.82, 2.24) is 10.2 Å². The maximum atomic E-state index is 5.28. The SMILES string of the molecule is CCNC(=NCc1ccc(NCCOC)cc1)N1CCC(c2ccc(OC)cc2)C1.I. The van der Waals surface area contributed by atoms with E-state index in [9.17, 15) is 0 Å². The molecule has 1 aliphatic rings. The van der Waals surface area contributed by atoms with Crippen molar-refractivity contribution in [1.29, 1.82) is 0 Å². The van der Waals surface area contributed by atoms with Crippen molar-refractivity contribution in [2.24, 2.45) is 4.99 Å². The molecular formula is C24H35IN4O2. The standard InChI is InChI=1S/C24H34N4O2.HI/c1-4-25-24(27-17-19-5-9-22(10-6-19)26-14-16-29-2)28-15-13-21(18-28)20-7-11-23(30-3)12-8-20;/h5-12,21,26H,4,13-18H2,1-3H3,(H,25,27);1H. The Balaban J connectivity index is 0.00000341. The first-order valence-corrected chi connectivity index (χ1v) is 10.7. The minimum atomic E-state index is 0. The zero-order chi connectivity index (χ0) is 21.2. The van der Waals surface area contributed by atoms with Crippen LogP contribution in [0.4, 0.5) is 5.69 Å². The van der Waals surface area contributed by atoms with Crippen molar-refractivity contribution >= 4 is 35.6 Å². The molecule has 1 fully saturated rings. The first-order valence-electron chi connectivity index (χ1n) is 10.7. The van der Waals surface area contributed by atoms with Crippen LogP contribution in [-0.4, -0.2) is 57.9 Å². The fourth-order valence-corrected chi connectivity index (χ4v) is 3.72. The molecule has 0 bridgehead atoms. The van der Waals surface area contributed by atoms with Gasteiger partial charge < -0.3 is 25.0 Å². The maximum Gasteiger partial charge on any atom is 0.194 e. The number of rotatable bonds is 9. The van der Waals surface area contributed by atoms with Crippen LogP contribution in [0.15, 0.2) is 53.5 Å². The van der Waals surface area contributed by atoms with Gasteiger partial charge in [0.05, 0.1) is 20.3 Å². The largest absolute Gasteiger partial charge is 0.497 e. The van der Waals surface area contributed by atoms with Crippen LogP contribution in [0.25, 0.3) is 0 Å². The normalized spacial score (nSPS) is 16.0. The Kier molecular flexibility index (Phi) is 10.9. The predicted octanol–water partition coefficient (Wildman–Crippen LogP) is 4.33. The Labute approximate surface area is 203 Å². The molecule has 2 N–H and O–H groups in total. The third-order valence-electron chi connectivity index (χ3n) is 5.41. The Hall–Kier alpha value is -2.00. The third-order valence-corrected chi connectivity index (χ3v) is 5.41. The molecular weight excluding hydrogens is 503 g/mol. The first-order chi connectivity index (χ1) is 14.7. The molecule has 1 atom stereocenters. The smallest absolute Gasteiger partial charge is 0.194 e. The average molecular weight is 538 g/mol. The van der Waals surface area contributed by atoms with Crippen molar-refractivity contribution < 1.29 is 9.47 Å². The summed E-state index contributed by atoms with van der Waals surface area (Å²) < 4.78 is 10.4. The van der Waals surface area contributed by atoms with Gasteiger partial charge in [0, 0.05) is 44.9 Å². The molecule has 2 aromatic carbocycles. The topological polar surface area (TPSA) is 58.1 Å². The van der Waals surface area contributed by atoms with Crippen LogP contribution in [0.2, 0.25) is 0 Å². The molecule has 0 aromatic heterocycles. The zero-order valence-electron chi connectivity index (χ0n) is 18.8. The molecule has 7 heteroatoms. The molecule has 1 aliphatic heterocycles. The number of methoxy groups -OCH3 is 2. The molecule has 3 rings (SSSR count). The van der Waals surface area contributed by atoms with Gasteiger partial charge in [-0.2, -0.15) is 0 Å². The van der Waals surface area contributed by atoms with Gasteiger partial charge in [-0.1, -0.05) is 24.3 Å². The third kappa shape index (κ3) is 7.57. The van der Waals surface area contributed by atoms with Crippen LogP contribution in [0.1, 0.15) is 30.4 Å². The summed E-state index contributed by atoms with van der Waals surface area (Å²) in [5.41, 5.74) is 3.67. The Bertz CT molecular complexity index is 796. The average Bonchev–Trinajstić information content (AvgIpc) is 3.28. The fraction of sp³-hybridized carbons (Fsp3) is 0.458. The second kappa shape index (κ2) is 13.4. The van der Waals surface area contributed by atoms with E-state index in [1.54, 1.807) is 14.2 Å². The van der Waals surface area contributed by atoms with E-state index in [0.717, 1.165) is 50.0 Å². The number of guanidine groups is 1. The molecule has 0 spiro atoms. The van der Waals surface area contributed by atoms with Gasteiger partial charge in [0.2, 0.25) is 0 Å². The molecule has 170 valence electrons. The summed E-state index contributed by atoms with van der Waals surface area (Å²) >= 11 is 0. The summed E-state index contributed by atoms with van der Waals surface area (Å²) in [6.45, 7) is 7.17. The number of anilines is 1. The van der Waals surface area contributed by atoms with Crippen LogP contribution >= 0.6 is 24.0 Å². The number of nitrogens with zero attached hydrogens (tertiary/aromatic N) is 2. The number of ether oxygens (including phenoxy) is 2. The number of hydrogen-bond donors (Lipinski definition) is 2. The van der Waals surface area contributed by atoms with E-state index in [1.807, 2.05) is 12.1 Å². The highest BCUT2D eigenvalue weighted by Gasteiger charge is 2.26. The lowest BCUT2D eigenvalue weighted by molar-refractivity contribution is 0.211. The number of nitrogens with one attached hydrogen (secondary N) is 2. The molecule has 6 nitrogen and oxygen atoms in total. The fourth-order valence-electron chi connectivity index (χ4n) is 3.72. The van der Waals surface area contributed by atoms with Gasteiger partial charge in [-0.25, -0.2) is 4.99 Å². The van der Waals surface area contributed by atoms with Gasteiger partial charge in [0.1, 0.15) is 5.75 Å². The van der Waals surface area contributed by atoms with Gasteiger partial charge >= 0.3 is 0 Å². The van der Waals surface area contributed by atoms with Gasteiger partial charge in [-0.15, -0.1) is 24.0 Å². The Morgan fingerprint density at radius 3 is 2.48 bits per heavy atom. The number of likely N-dealkylation sites (tertiary alicyclic amines) is 1. The number of hydrogen-bond acceptors (Lipinski definition) is 4.